The third-order valence-electron chi connectivity index (χ3n) is 2.43. The molecule has 0 amide bonds. The zero-order valence-electron chi connectivity index (χ0n) is 7.71. The molecular formula is C9H19NO2. The predicted molar refractivity (Wildman–Crippen MR) is 48.0 cm³/mol. The fourth-order valence-corrected chi connectivity index (χ4v) is 1.72. The van der Waals surface area contributed by atoms with Crippen LogP contribution in [0.1, 0.15) is 32.6 Å². The van der Waals surface area contributed by atoms with E-state index in [-0.39, 0.29) is 6.10 Å². The first-order valence-electron chi connectivity index (χ1n) is 4.74. The first-order valence-corrected chi connectivity index (χ1v) is 4.74. The van der Waals surface area contributed by atoms with Gasteiger partial charge in [0.25, 0.3) is 0 Å². The van der Waals surface area contributed by atoms with Crippen LogP contribution in [0.4, 0.5) is 0 Å². The molecule has 0 aromatic heterocycles. The van der Waals surface area contributed by atoms with Crippen LogP contribution in [0.3, 0.4) is 0 Å². The highest BCUT2D eigenvalue weighted by atomic mass is 16.3. The molecule has 0 bridgehead atoms. The maximum Gasteiger partial charge on any atom is 0.0771 e. The van der Waals surface area contributed by atoms with E-state index in [4.69, 9.17) is 5.11 Å². The van der Waals surface area contributed by atoms with Gasteiger partial charge in [-0.05, 0) is 19.8 Å². The number of hydrogen-bond acceptors (Lipinski definition) is 3. The molecule has 1 atom stereocenters. The minimum absolute atomic E-state index is 0.324. The smallest absolute Gasteiger partial charge is 0.0771 e. The zero-order chi connectivity index (χ0) is 9.03. The minimum Gasteiger partial charge on any atom is -0.392 e. The second kappa shape index (κ2) is 4.21. The summed E-state index contributed by atoms with van der Waals surface area (Å²) in [7, 11) is 0. The summed E-state index contributed by atoms with van der Waals surface area (Å²) in [5.41, 5.74) is -0.491. The van der Waals surface area contributed by atoms with E-state index in [0.29, 0.717) is 13.1 Å². The Balaban J connectivity index is 2.13. The third-order valence-corrected chi connectivity index (χ3v) is 2.43. The minimum atomic E-state index is -0.491. The summed E-state index contributed by atoms with van der Waals surface area (Å²) in [5, 5.41) is 21.9. The Morgan fingerprint density at radius 1 is 1.42 bits per heavy atom. The highest BCUT2D eigenvalue weighted by molar-refractivity contribution is 4.86. The molecule has 0 heterocycles. The number of rotatable bonds is 4. The molecule has 72 valence electrons. The Morgan fingerprint density at radius 3 is 2.50 bits per heavy atom. The van der Waals surface area contributed by atoms with Gasteiger partial charge in [-0.2, -0.15) is 0 Å². The average Bonchev–Trinajstić information content (AvgIpc) is 2.35. The lowest BCUT2D eigenvalue weighted by Crippen LogP contribution is -2.40. The third kappa shape index (κ3) is 3.09. The largest absolute Gasteiger partial charge is 0.392 e. The van der Waals surface area contributed by atoms with Gasteiger partial charge < -0.3 is 15.5 Å². The summed E-state index contributed by atoms with van der Waals surface area (Å²) in [6.45, 7) is 2.94. The van der Waals surface area contributed by atoms with E-state index in [1.54, 1.807) is 6.92 Å². The zero-order valence-corrected chi connectivity index (χ0v) is 7.71. The van der Waals surface area contributed by atoms with E-state index in [9.17, 15) is 5.11 Å². The average molecular weight is 173 g/mol. The van der Waals surface area contributed by atoms with Crippen molar-refractivity contribution < 1.29 is 10.2 Å². The van der Waals surface area contributed by atoms with Gasteiger partial charge in [-0.25, -0.2) is 0 Å². The van der Waals surface area contributed by atoms with Crippen LogP contribution >= 0.6 is 0 Å². The Bertz CT molecular complexity index is 130. The van der Waals surface area contributed by atoms with E-state index >= 15 is 0 Å². The fourth-order valence-electron chi connectivity index (χ4n) is 1.72. The first kappa shape index (κ1) is 9.96. The van der Waals surface area contributed by atoms with Gasteiger partial charge in [-0.15, -0.1) is 0 Å². The standard InChI is InChI=1S/C9H19NO2/c1-8(11)6-10-7-9(12)4-2-3-5-9/h8,10-12H,2-7H2,1H3. The summed E-state index contributed by atoms with van der Waals surface area (Å²) < 4.78 is 0. The van der Waals surface area contributed by atoms with Crippen molar-refractivity contribution in [2.45, 2.75) is 44.3 Å². The molecule has 0 aromatic carbocycles. The fraction of sp³-hybridized carbons (Fsp3) is 1.00. The van der Waals surface area contributed by atoms with Gasteiger partial charge >= 0.3 is 0 Å². The van der Waals surface area contributed by atoms with Crippen molar-refractivity contribution in [2.24, 2.45) is 0 Å². The van der Waals surface area contributed by atoms with Gasteiger partial charge in [0, 0.05) is 13.1 Å². The molecule has 1 aliphatic rings. The number of nitrogens with one attached hydrogen (secondary N) is 1. The molecule has 1 aliphatic carbocycles. The molecule has 3 nitrogen and oxygen atoms in total. The Hall–Kier alpha value is -0.120. The SMILES string of the molecule is CC(O)CNCC1(O)CCCC1. The van der Waals surface area contributed by atoms with E-state index in [1.165, 1.54) is 0 Å². The second-order valence-corrected chi connectivity index (χ2v) is 3.91. The Kier molecular flexibility index (Phi) is 3.50. The van der Waals surface area contributed by atoms with Crippen LogP contribution in [0.5, 0.6) is 0 Å². The molecule has 1 saturated carbocycles. The van der Waals surface area contributed by atoms with Gasteiger partial charge in [0.1, 0.15) is 0 Å². The second-order valence-electron chi connectivity index (χ2n) is 3.91. The van der Waals surface area contributed by atoms with Crippen LogP contribution in [0.25, 0.3) is 0 Å². The molecule has 1 rings (SSSR count). The molecular weight excluding hydrogens is 154 g/mol. The summed E-state index contributed by atoms with van der Waals surface area (Å²) in [6, 6.07) is 0. The molecule has 12 heavy (non-hydrogen) atoms. The van der Waals surface area contributed by atoms with Crippen molar-refractivity contribution in [1.29, 1.82) is 0 Å². The van der Waals surface area contributed by atoms with Crippen LogP contribution < -0.4 is 5.32 Å². The Labute approximate surface area is 73.8 Å². The van der Waals surface area contributed by atoms with Crippen molar-refractivity contribution in [1.82, 2.24) is 5.32 Å². The quantitative estimate of drug-likeness (QED) is 0.571. The van der Waals surface area contributed by atoms with Crippen LogP contribution in [-0.2, 0) is 0 Å². The summed E-state index contributed by atoms with van der Waals surface area (Å²) >= 11 is 0. The van der Waals surface area contributed by atoms with Gasteiger partial charge in [0.05, 0.1) is 11.7 Å². The highest BCUT2D eigenvalue weighted by Crippen LogP contribution is 2.28. The van der Waals surface area contributed by atoms with E-state index in [0.717, 1.165) is 25.7 Å². The van der Waals surface area contributed by atoms with Crippen molar-refractivity contribution in [3.8, 4) is 0 Å². The normalized spacial score (nSPS) is 24.2. The summed E-state index contributed by atoms with van der Waals surface area (Å²) in [5.74, 6) is 0. The molecule has 0 aromatic rings. The Morgan fingerprint density at radius 2 is 2.00 bits per heavy atom. The topological polar surface area (TPSA) is 52.5 Å². The molecule has 0 spiro atoms. The number of aliphatic hydroxyl groups excluding tert-OH is 1. The molecule has 0 radical (unpaired) electrons. The van der Waals surface area contributed by atoms with Crippen LogP contribution in [0.15, 0.2) is 0 Å². The van der Waals surface area contributed by atoms with E-state index in [1.807, 2.05) is 0 Å². The molecule has 1 fully saturated rings. The molecule has 0 aliphatic heterocycles. The van der Waals surface area contributed by atoms with Crippen molar-refractivity contribution >= 4 is 0 Å². The molecule has 3 N–H and O–H groups in total. The number of aliphatic hydroxyl groups is 2. The monoisotopic (exact) mass is 173 g/mol. The van der Waals surface area contributed by atoms with Crippen LogP contribution in [0, 0.1) is 0 Å². The molecule has 3 heteroatoms. The lowest BCUT2D eigenvalue weighted by molar-refractivity contribution is 0.0447. The summed E-state index contributed by atoms with van der Waals surface area (Å²) in [6.07, 6.45) is 3.74. The predicted octanol–water partition coefficient (Wildman–Crippen LogP) is 0.262. The van der Waals surface area contributed by atoms with Gasteiger partial charge in [-0.1, -0.05) is 12.8 Å². The van der Waals surface area contributed by atoms with Crippen LogP contribution in [0.2, 0.25) is 0 Å². The van der Waals surface area contributed by atoms with Crippen molar-refractivity contribution in [3.63, 3.8) is 0 Å². The maximum atomic E-state index is 9.86. The molecule has 0 saturated heterocycles. The lowest BCUT2D eigenvalue weighted by Gasteiger charge is -2.22. The molecule has 1 unspecified atom stereocenters. The first-order chi connectivity index (χ1) is 5.62. The lowest BCUT2D eigenvalue weighted by atomic mass is 10.0. The van der Waals surface area contributed by atoms with Crippen LogP contribution in [-0.4, -0.2) is 35.0 Å². The van der Waals surface area contributed by atoms with Gasteiger partial charge in [0.2, 0.25) is 0 Å². The highest BCUT2D eigenvalue weighted by Gasteiger charge is 2.30. The van der Waals surface area contributed by atoms with Gasteiger partial charge in [-0.3, -0.25) is 0 Å². The van der Waals surface area contributed by atoms with E-state index in [2.05, 4.69) is 5.32 Å². The van der Waals surface area contributed by atoms with Gasteiger partial charge in [0.15, 0.2) is 0 Å². The number of hydrogen-bond donors (Lipinski definition) is 3. The maximum absolute atomic E-state index is 9.86. The summed E-state index contributed by atoms with van der Waals surface area (Å²) in [4.78, 5) is 0. The van der Waals surface area contributed by atoms with Crippen molar-refractivity contribution in [3.05, 3.63) is 0 Å². The van der Waals surface area contributed by atoms with Crippen molar-refractivity contribution in [2.75, 3.05) is 13.1 Å². The van der Waals surface area contributed by atoms with E-state index < -0.39 is 5.60 Å².